The number of nitrogens with zero attached hydrogens (tertiary/aromatic N) is 2. The van der Waals surface area contributed by atoms with Gasteiger partial charge in [0.2, 0.25) is 0 Å². The molecule has 1 amide bonds. The zero-order valence-corrected chi connectivity index (χ0v) is 19.3. The summed E-state index contributed by atoms with van der Waals surface area (Å²) in [5.41, 5.74) is 2.12. The number of nitrogens with one attached hydrogen (secondary N) is 1. The Morgan fingerprint density at radius 2 is 2.06 bits per heavy atom. The van der Waals surface area contributed by atoms with E-state index < -0.39 is 5.91 Å². The number of carbonyl (C=O) groups is 1. The molecule has 0 aliphatic heterocycles. The number of nitriles is 1. The molecular formula is C24H25N3O4S. The molecule has 0 unspecified atom stereocenters. The molecule has 0 spiro atoms. The number of ether oxygens (including phenoxy) is 1. The second-order valence-electron chi connectivity index (χ2n) is 7.38. The second kappa shape index (κ2) is 10.3. The minimum Gasteiger partial charge on any atom is -0.462 e. The fourth-order valence-electron chi connectivity index (χ4n) is 3.29. The second-order valence-corrected chi connectivity index (χ2v) is 8.41. The first-order valence-corrected chi connectivity index (χ1v) is 11.0. The third-order valence-corrected chi connectivity index (χ3v) is 5.91. The van der Waals surface area contributed by atoms with Crippen molar-refractivity contribution < 1.29 is 13.9 Å². The van der Waals surface area contributed by atoms with Gasteiger partial charge in [0.1, 0.15) is 22.3 Å². The zero-order chi connectivity index (χ0) is 23.3. The van der Waals surface area contributed by atoms with Crippen LogP contribution in [0.25, 0.3) is 17.3 Å². The number of hydrogen-bond donors (Lipinski definition) is 1. The maximum atomic E-state index is 13.4. The van der Waals surface area contributed by atoms with Crippen molar-refractivity contribution in [3.05, 3.63) is 72.5 Å². The van der Waals surface area contributed by atoms with Crippen LogP contribution >= 0.6 is 11.3 Å². The number of benzene rings is 1. The standard InChI is InChI=1S/C24H25N3O4S/c1-15-6-9-20(16(2)12-15)27-23(29)21(13-18-8-7-17(3)31-18)32-24(27)19(14-25)22(28)26-10-5-11-30-4/h6-9,12-13H,5,10-11H2,1-4H3,(H,26,28)/b21-13+,24-19-. The molecule has 8 heteroatoms. The van der Waals surface area contributed by atoms with E-state index >= 15 is 0 Å². The summed E-state index contributed by atoms with van der Waals surface area (Å²) < 4.78 is 12.7. The number of amides is 1. The fourth-order valence-corrected chi connectivity index (χ4v) is 4.36. The SMILES string of the molecule is COCCCNC(=O)/C(C#N)=c1\s/c(=C/c2ccc(C)o2)c(=O)n1-c1ccc(C)cc1C. The number of methoxy groups -OCH3 is 1. The van der Waals surface area contributed by atoms with Crippen molar-refractivity contribution >= 4 is 28.9 Å². The van der Waals surface area contributed by atoms with Crippen LogP contribution in [0.2, 0.25) is 0 Å². The molecule has 0 saturated heterocycles. The minimum absolute atomic E-state index is 0.111. The Labute approximate surface area is 189 Å². The Kier molecular flexibility index (Phi) is 7.46. The van der Waals surface area contributed by atoms with Gasteiger partial charge in [-0.25, -0.2) is 0 Å². The van der Waals surface area contributed by atoms with Gasteiger partial charge in [0.05, 0.1) is 10.2 Å². The van der Waals surface area contributed by atoms with Gasteiger partial charge in [-0.3, -0.25) is 14.2 Å². The van der Waals surface area contributed by atoms with Crippen molar-refractivity contribution in [2.75, 3.05) is 20.3 Å². The molecule has 2 aromatic heterocycles. The lowest BCUT2D eigenvalue weighted by atomic mass is 10.1. The van der Waals surface area contributed by atoms with Crippen molar-refractivity contribution in [3.63, 3.8) is 0 Å². The lowest BCUT2D eigenvalue weighted by molar-refractivity contribution is -0.115. The number of furan rings is 1. The van der Waals surface area contributed by atoms with Crippen LogP contribution in [0.4, 0.5) is 0 Å². The van der Waals surface area contributed by atoms with Gasteiger partial charge in [-0.2, -0.15) is 5.26 Å². The van der Waals surface area contributed by atoms with E-state index in [1.165, 1.54) is 4.57 Å². The van der Waals surface area contributed by atoms with Gasteiger partial charge < -0.3 is 14.5 Å². The highest BCUT2D eigenvalue weighted by atomic mass is 32.1. The van der Waals surface area contributed by atoms with E-state index in [0.29, 0.717) is 35.6 Å². The molecule has 0 aliphatic rings. The first kappa shape index (κ1) is 23.3. The molecule has 32 heavy (non-hydrogen) atoms. The van der Waals surface area contributed by atoms with E-state index in [1.807, 2.05) is 51.1 Å². The minimum atomic E-state index is -0.524. The number of thiazole rings is 1. The largest absolute Gasteiger partial charge is 0.462 e. The monoisotopic (exact) mass is 451 g/mol. The van der Waals surface area contributed by atoms with Gasteiger partial charge in [0.15, 0.2) is 5.57 Å². The molecule has 1 N–H and O–H groups in total. The van der Waals surface area contributed by atoms with Crippen LogP contribution in [0.5, 0.6) is 0 Å². The summed E-state index contributed by atoms with van der Waals surface area (Å²) in [5, 5.41) is 12.6. The Hall–Kier alpha value is -3.41. The van der Waals surface area contributed by atoms with Crippen molar-refractivity contribution in [1.82, 2.24) is 9.88 Å². The molecular weight excluding hydrogens is 426 g/mol. The maximum absolute atomic E-state index is 13.4. The van der Waals surface area contributed by atoms with E-state index in [0.717, 1.165) is 28.2 Å². The van der Waals surface area contributed by atoms with Gasteiger partial charge in [-0.15, -0.1) is 11.3 Å². The predicted molar refractivity (Wildman–Crippen MR) is 124 cm³/mol. The fraction of sp³-hybridized carbons (Fsp3) is 0.292. The Morgan fingerprint density at radius 3 is 2.69 bits per heavy atom. The number of hydrogen-bond acceptors (Lipinski definition) is 6. The lowest BCUT2D eigenvalue weighted by Gasteiger charge is -2.09. The highest BCUT2D eigenvalue weighted by Gasteiger charge is 2.18. The number of rotatable bonds is 7. The van der Waals surface area contributed by atoms with Crippen LogP contribution in [0, 0.1) is 32.1 Å². The third kappa shape index (κ3) is 5.07. The van der Waals surface area contributed by atoms with Gasteiger partial charge in [0, 0.05) is 26.3 Å². The zero-order valence-electron chi connectivity index (χ0n) is 18.5. The summed E-state index contributed by atoms with van der Waals surface area (Å²) in [6.45, 7) is 6.54. The molecule has 3 aromatic rings. The smallest absolute Gasteiger partial charge is 0.273 e. The van der Waals surface area contributed by atoms with E-state index in [9.17, 15) is 14.9 Å². The number of aromatic nitrogens is 1. The highest BCUT2D eigenvalue weighted by molar-refractivity contribution is 7.07. The summed E-state index contributed by atoms with van der Waals surface area (Å²) in [5.74, 6) is 0.730. The van der Waals surface area contributed by atoms with Crippen LogP contribution in [-0.4, -0.2) is 30.7 Å². The average molecular weight is 452 g/mol. The van der Waals surface area contributed by atoms with E-state index in [1.54, 1.807) is 19.3 Å². The van der Waals surface area contributed by atoms with Crippen molar-refractivity contribution in [1.29, 1.82) is 5.26 Å². The Bertz CT molecular complexity index is 1360. The molecule has 0 bridgehead atoms. The van der Waals surface area contributed by atoms with Crippen LogP contribution in [0.1, 0.15) is 29.1 Å². The molecule has 0 aliphatic carbocycles. The van der Waals surface area contributed by atoms with Crippen LogP contribution in [0.3, 0.4) is 0 Å². The van der Waals surface area contributed by atoms with Crippen molar-refractivity contribution in [2.24, 2.45) is 0 Å². The normalized spacial score (nSPS) is 12.5. The quantitative estimate of drug-likeness (QED) is 0.555. The first-order valence-electron chi connectivity index (χ1n) is 10.1. The number of aryl methyl sites for hydroxylation is 3. The Morgan fingerprint density at radius 1 is 1.28 bits per heavy atom. The third-order valence-electron chi connectivity index (χ3n) is 4.81. The van der Waals surface area contributed by atoms with Gasteiger partial charge in [-0.1, -0.05) is 17.7 Å². The molecule has 0 fully saturated rings. The summed E-state index contributed by atoms with van der Waals surface area (Å²) in [6, 6.07) is 11.3. The predicted octanol–water partition coefficient (Wildman–Crippen LogP) is 2.07. The number of carbonyl (C=O) groups excluding carboxylic acids is 1. The molecule has 0 atom stereocenters. The van der Waals surface area contributed by atoms with Crippen LogP contribution in [0.15, 0.2) is 39.5 Å². The molecule has 0 radical (unpaired) electrons. The van der Waals surface area contributed by atoms with Gasteiger partial charge in [0.25, 0.3) is 11.5 Å². The van der Waals surface area contributed by atoms with Crippen molar-refractivity contribution in [2.45, 2.75) is 27.2 Å². The van der Waals surface area contributed by atoms with Crippen LogP contribution in [-0.2, 0) is 9.53 Å². The highest BCUT2D eigenvalue weighted by Crippen LogP contribution is 2.13. The molecule has 0 saturated carbocycles. The van der Waals surface area contributed by atoms with E-state index in [4.69, 9.17) is 9.15 Å². The average Bonchev–Trinajstić information content (AvgIpc) is 3.30. The summed E-state index contributed by atoms with van der Waals surface area (Å²) in [7, 11) is 1.58. The van der Waals surface area contributed by atoms with Gasteiger partial charge in [-0.05, 0) is 51.0 Å². The van der Waals surface area contributed by atoms with Crippen LogP contribution < -0.4 is 20.1 Å². The molecule has 166 valence electrons. The molecule has 2 heterocycles. The summed E-state index contributed by atoms with van der Waals surface area (Å²) >= 11 is 1.09. The first-order chi connectivity index (χ1) is 15.3. The molecule has 7 nitrogen and oxygen atoms in total. The maximum Gasteiger partial charge on any atom is 0.273 e. The Balaban J connectivity index is 2.26. The summed E-state index contributed by atoms with van der Waals surface area (Å²) in [4.78, 5) is 26.2. The van der Waals surface area contributed by atoms with E-state index in [2.05, 4.69) is 5.32 Å². The summed E-state index contributed by atoms with van der Waals surface area (Å²) in [6.07, 6.45) is 2.25. The molecule has 1 aromatic carbocycles. The topological polar surface area (TPSA) is 97.3 Å². The van der Waals surface area contributed by atoms with E-state index in [-0.39, 0.29) is 15.8 Å². The molecule has 3 rings (SSSR count). The lowest BCUT2D eigenvalue weighted by Crippen LogP contribution is -2.34. The van der Waals surface area contributed by atoms with Gasteiger partial charge >= 0.3 is 0 Å². The van der Waals surface area contributed by atoms with Crippen molar-refractivity contribution in [3.8, 4) is 11.8 Å².